The second-order valence-corrected chi connectivity index (χ2v) is 6.94. The summed E-state index contributed by atoms with van der Waals surface area (Å²) in [5.41, 5.74) is 2.73. The van der Waals surface area contributed by atoms with Crippen LogP contribution in [0.5, 0.6) is 0 Å². The molecule has 2 aromatic carbocycles. The number of aliphatic hydroxyl groups excluding tert-OH is 1. The fourth-order valence-electron chi connectivity index (χ4n) is 3.62. The van der Waals surface area contributed by atoms with Gasteiger partial charge in [0.2, 0.25) is 11.8 Å². The van der Waals surface area contributed by atoms with Crippen molar-refractivity contribution in [3.8, 4) is 0 Å². The van der Waals surface area contributed by atoms with Crippen LogP contribution in [-0.2, 0) is 27.5 Å². The Balaban J connectivity index is 1.73. The van der Waals surface area contributed by atoms with Crippen LogP contribution in [0.2, 0.25) is 0 Å². The molecule has 1 aliphatic heterocycles. The van der Waals surface area contributed by atoms with Crippen LogP contribution in [0.4, 0.5) is 0 Å². The predicted octanol–water partition coefficient (Wildman–Crippen LogP) is 2.03. The van der Waals surface area contributed by atoms with Gasteiger partial charge in [0.1, 0.15) is 0 Å². The Morgan fingerprint density at radius 1 is 1.14 bits per heavy atom. The average molecular weight is 382 g/mol. The van der Waals surface area contributed by atoms with Crippen molar-refractivity contribution >= 4 is 11.8 Å². The van der Waals surface area contributed by atoms with Gasteiger partial charge in [-0.2, -0.15) is 0 Å². The van der Waals surface area contributed by atoms with Gasteiger partial charge in [0, 0.05) is 26.6 Å². The number of likely N-dealkylation sites (tertiary alicyclic amines) is 1. The van der Waals surface area contributed by atoms with E-state index < -0.39 is 5.92 Å². The molecule has 0 saturated carbocycles. The van der Waals surface area contributed by atoms with Gasteiger partial charge in [-0.3, -0.25) is 9.59 Å². The fraction of sp³-hybridized carbons (Fsp3) is 0.364. The molecular weight excluding hydrogens is 356 g/mol. The van der Waals surface area contributed by atoms with Crippen LogP contribution >= 0.6 is 0 Å². The van der Waals surface area contributed by atoms with Gasteiger partial charge in [0.15, 0.2) is 0 Å². The average Bonchev–Trinajstić information content (AvgIpc) is 3.07. The van der Waals surface area contributed by atoms with Crippen molar-refractivity contribution in [1.82, 2.24) is 10.2 Å². The van der Waals surface area contributed by atoms with E-state index in [0.717, 1.165) is 16.7 Å². The van der Waals surface area contributed by atoms with Gasteiger partial charge in [-0.25, -0.2) is 0 Å². The van der Waals surface area contributed by atoms with Crippen LogP contribution in [0.15, 0.2) is 54.6 Å². The normalized spacial score (nSPS) is 19.1. The van der Waals surface area contributed by atoms with Gasteiger partial charge in [-0.05, 0) is 16.7 Å². The number of carbonyl (C=O) groups is 2. The lowest BCUT2D eigenvalue weighted by atomic mass is 9.92. The molecule has 0 radical (unpaired) electrons. The third-order valence-corrected chi connectivity index (χ3v) is 5.12. The van der Waals surface area contributed by atoms with Gasteiger partial charge in [0.05, 0.1) is 25.2 Å². The first-order valence-electron chi connectivity index (χ1n) is 9.43. The topological polar surface area (TPSA) is 78.9 Å². The van der Waals surface area contributed by atoms with Crippen LogP contribution in [0.25, 0.3) is 0 Å². The van der Waals surface area contributed by atoms with E-state index in [1.54, 1.807) is 12.0 Å². The molecule has 1 saturated heterocycles. The van der Waals surface area contributed by atoms with Crippen LogP contribution in [0, 0.1) is 5.92 Å². The SMILES string of the molecule is COCCN1C(=O)C[C@@H](C(=O)NCc2ccc(CO)cc2)[C@@H]1c1ccccc1. The number of hydrogen-bond acceptors (Lipinski definition) is 4. The van der Waals surface area contributed by atoms with Crippen molar-refractivity contribution in [2.24, 2.45) is 5.92 Å². The molecular formula is C22H26N2O4. The van der Waals surface area contributed by atoms with Gasteiger partial charge in [-0.1, -0.05) is 54.6 Å². The zero-order chi connectivity index (χ0) is 19.9. The largest absolute Gasteiger partial charge is 0.392 e. The standard InChI is InChI=1S/C22H26N2O4/c1-28-12-11-24-20(26)13-19(21(24)18-5-3-2-4-6-18)22(27)23-14-16-7-9-17(15-25)10-8-16/h2-10,19,21,25H,11-15H2,1H3,(H,23,27)/t19-,21+/m1/s1. The van der Waals surface area contributed by atoms with E-state index in [4.69, 9.17) is 9.84 Å². The molecule has 0 unspecified atom stereocenters. The molecule has 0 aromatic heterocycles. The second kappa shape index (κ2) is 9.48. The van der Waals surface area contributed by atoms with Crippen LogP contribution in [-0.4, -0.2) is 42.1 Å². The first-order chi connectivity index (χ1) is 13.6. The number of rotatable bonds is 8. The minimum atomic E-state index is -0.441. The van der Waals surface area contributed by atoms with Gasteiger partial charge in [-0.15, -0.1) is 0 Å². The molecule has 1 heterocycles. The third-order valence-electron chi connectivity index (χ3n) is 5.12. The summed E-state index contributed by atoms with van der Waals surface area (Å²) in [6.45, 7) is 1.27. The molecule has 6 nitrogen and oxygen atoms in total. The van der Waals surface area contributed by atoms with Crippen molar-refractivity contribution in [3.05, 3.63) is 71.3 Å². The zero-order valence-corrected chi connectivity index (χ0v) is 16.0. The molecule has 1 aliphatic rings. The van der Waals surface area contributed by atoms with Crippen molar-refractivity contribution in [2.45, 2.75) is 25.6 Å². The van der Waals surface area contributed by atoms with E-state index in [1.165, 1.54) is 0 Å². The fourth-order valence-corrected chi connectivity index (χ4v) is 3.62. The van der Waals surface area contributed by atoms with E-state index >= 15 is 0 Å². The number of nitrogens with one attached hydrogen (secondary N) is 1. The number of ether oxygens (including phenoxy) is 1. The maximum Gasteiger partial charge on any atom is 0.226 e. The van der Waals surface area contributed by atoms with Gasteiger partial charge in [0.25, 0.3) is 0 Å². The van der Waals surface area contributed by atoms with E-state index in [2.05, 4.69) is 5.32 Å². The molecule has 0 spiro atoms. The van der Waals surface area contributed by atoms with Crippen LogP contribution < -0.4 is 5.32 Å². The number of nitrogens with zero attached hydrogens (tertiary/aromatic N) is 1. The third kappa shape index (κ3) is 4.58. The Kier molecular flexibility index (Phi) is 6.79. The first kappa shape index (κ1) is 20.0. The molecule has 0 aliphatic carbocycles. The summed E-state index contributed by atoms with van der Waals surface area (Å²) in [6, 6.07) is 16.8. The van der Waals surface area contributed by atoms with E-state index in [-0.39, 0.29) is 30.9 Å². The Morgan fingerprint density at radius 2 is 1.82 bits per heavy atom. The number of amides is 2. The summed E-state index contributed by atoms with van der Waals surface area (Å²) in [6.07, 6.45) is 0.193. The minimum Gasteiger partial charge on any atom is -0.392 e. The number of benzene rings is 2. The molecule has 2 atom stereocenters. The van der Waals surface area contributed by atoms with Crippen molar-refractivity contribution in [3.63, 3.8) is 0 Å². The monoisotopic (exact) mass is 382 g/mol. The lowest BCUT2D eigenvalue weighted by molar-refractivity contribution is -0.129. The molecule has 6 heteroatoms. The van der Waals surface area contributed by atoms with Crippen LogP contribution in [0.1, 0.15) is 29.2 Å². The van der Waals surface area contributed by atoms with Gasteiger partial charge < -0.3 is 20.1 Å². The maximum absolute atomic E-state index is 12.9. The Morgan fingerprint density at radius 3 is 2.46 bits per heavy atom. The van der Waals surface area contributed by atoms with Crippen molar-refractivity contribution in [2.75, 3.05) is 20.3 Å². The summed E-state index contributed by atoms with van der Waals surface area (Å²) in [7, 11) is 1.60. The van der Waals surface area contributed by atoms with Gasteiger partial charge >= 0.3 is 0 Å². The number of hydrogen-bond donors (Lipinski definition) is 2. The lowest BCUT2D eigenvalue weighted by Gasteiger charge is -2.28. The number of methoxy groups -OCH3 is 1. The highest BCUT2D eigenvalue weighted by molar-refractivity contribution is 5.90. The zero-order valence-electron chi connectivity index (χ0n) is 16.0. The molecule has 0 bridgehead atoms. The van der Waals surface area contributed by atoms with E-state index in [1.807, 2.05) is 54.6 Å². The summed E-state index contributed by atoms with van der Waals surface area (Å²) in [4.78, 5) is 27.3. The maximum atomic E-state index is 12.9. The number of carbonyl (C=O) groups excluding carboxylic acids is 2. The highest BCUT2D eigenvalue weighted by Gasteiger charge is 2.44. The smallest absolute Gasteiger partial charge is 0.226 e. The summed E-state index contributed by atoms with van der Waals surface area (Å²) in [5.74, 6) is -0.602. The summed E-state index contributed by atoms with van der Waals surface area (Å²) >= 11 is 0. The minimum absolute atomic E-state index is 0.00705. The molecule has 1 fully saturated rings. The molecule has 28 heavy (non-hydrogen) atoms. The van der Waals surface area contributed by atoms with E-state index in [9.17, 15) is 9.59 Å². The predicted molar refractivity (Wildman–Crippen MR) is 105 cm³/mol. The Bertz CT molecular complexity index is 792. The first-order valence-corrected chi connectivity index (χ1v) is 9.43. The highest BCUT2D eigenvalue weighted by Crippen LogP contribution is 2.38. The molecule has 2 amide bonds. The number of aliphatic hydroxyl groups is 1. The Hall–Kier alpha value is -2.70. The molecule has 2 N–H and O–H groups in total. The lowest BCUT2D eigenvalue weighted by Crippen LogP contribution is -2.36. The summed E-state index contributed by atoms with van der Waals surface area (Å²) < 4.78 is 5.14. The van der Waals surface area contributed by atoms with Crippen molar-refractivity contribution in [1.29, 1.82) is 0 Å². The van der Waals surface area contributed by atoms with Crippen molar-refractivity contribution < 1.29 is 19.4 Å². The summed E-state index contributed by atoms with van der Waals surface area (Å²) in [5, 5.41) is 12.1. The molecule has 148 valence electrons. The molecule has 2 aromatic rings. The van der Waals surface area contributed by atoms with Crippen LogP contribution in [0.3, 0.4) is 0 Å². The van der Waals surface area contributed by atoms with E-state index in [0.29, 0.717) is 19.7 Å². The highest BCUT2D eigenvalue weighted by atomic mass is 16.5. The molecule has 3 rings (SSSR count). The Labute approximate surface area is 165 Å². The quantitative estimate of drug-likeness (QED) is 0.732. The second-order valence-electron chi connectivity index (χ2n) is 6.94.